The van der Waals surface area contributed by atoms with Crippen LogP contribution < -0.4 is 5.32 Å². The average molecular weight is 307 g/mol. The van der Waals surface area contributed by atoms with E-state index in [1.54, 1.807) is 6.92 Å². The molecule has 3 rings (SSSR count). The minimum absolute atomic E-state index is 0.0635. The molecule has 4 nitrogen and oxygen atoms in total. The molecule has 1 saturated carbocycles. The molecule has 0 saturated heterocycles. The largest absolute Gasteiger partial charge is 0.480 e. The van der Waals surface area contributed by atoms with Crippen LogP contribution in [0.5, 0.6) is 0 Å². The van der Waals surface area contributed by atoms with Gasteiger partial charge in [-0.3, -0.25) is 4.79 Å². The van der Waals surface area contributed by atoms with Crippen molar-refractivity contribution in [2.45, 2.75) is 51.5 Å². The fraction of sp³-hybridized carbons (Fsp3) is 0.625. The van der Waals surface area contributed by atoms with E-state index in [-0.39, 0.29) is 11.8 Å². The summed E-state index contributed by atoms with van der Waals surface area (Å²) in [6.45, 7) is 3.86. The third kappa shape index (κ3) is 2.71. The summed E-state index contributed by atoms with van der Waals surface area (Å²) < 4.78 is 0. The Balaban J connectivity index is 1.78. The van der Waals surface area contributed by atoms with Crippen LogP contribution in [-0.4, -0.2) is 22.5 Å². The number of fused-ring (bicyclic) bond motifs is 1. The first kappa shape index (κ1) is 14.6. The van der Waals surface area contributed by atoms with Gasteiger partial charge in [-0.05, 0) is 62.5 Å². The molecule has 21 heavy (non-hydrogen) atoms. The molecule has 1 heterocycles. The quantitative estimate of drug-likeness (QED) is 0.899. The predicted octanol–water partition coefficient (Wildman–Crippen LogP) is 2.86. The lowest BCUT2D eigenvalue weighted by molar-refractivity contribution is -0.144. The number of carboxylic acid groups (broad SMARTS) is 1. The number of thiophene rings is 1. The molecule has 1 amide bonds. The third-order valence-electron chi connectivity index (χ3n) is 4.76. The number of hydrogen-bond donors (Lipinski definition) is 2. The predicted molar refractivity (Wildman–Crippen MR) is 81.7 cm³/mol. The van der Waals surface area contributed by atoms with E-state index in [9.17, 15) is 14.7 Å². The number of nitrogens with one attached hydrogen (secondary N) is 1. The van der Waals surface area contributed by atoms with Crippen LogP contribution in [0.15, 0.2) is 6.07 Å². The maximum atomic E-state index is 12.4. The molecule has 0 radical (unpaired) electrons. The normalized spacial score (nSPS) is 24.0. The number of aryl methyl sites for hydroxylation is 1. The molecule has 2 N–H and O–H groups in total. The molecule has 0 bridgehead atoms. The van der Waals surface area contributed by atoms with Crippen LogP contribution in [-0.2, 0) is 17.6 Å². The van der Waals surface area contributed by atoms with Crippen molar-refractivity contribution in [2.75, 3.05) is 0 Å². The van der Waals surface area contributed by atoms with Crippen LogP contribution in [0.3, 0.4) is 0 Å². The van der Waals surface area contributed by atoms with E-state index < -0.39 is 11.5 Å². The summed E-state index contributed by atoms with van der Waals surface area (Å²) in [5, 5.41) is 12.2. The zero-order valence-electron chi connectivity index (χ0n) is 12.4. The zero-order valence-corrected chi connectivity index (χ0v) is 13.3. The van der Waals surface area contributed by atoms with Gasteiger partial charge < -0.3 is 10.4 Å². The van der Waals surface area contributed by atoms with Gasteiger partial charge in [-0.25, -0.2) is 4.79 Å². The van der Waals surface area contributed by atoms with Crippen molar-refractivity contribution < 1.29 is 14.7 Å². The van der Waals surface area contributed by atoms with E-state index in [1.165, 1.54) is 28.2 Å². The van der Waals surface area contributed by atoms with Crippen LogP contribution in [0.25, 0.3) is 0 Å². The van der Waals surface area contributed by atoms with E-state index in [4.69, 9.17) is 0 Å². The van der Waals surface area contributed by atoms with Gasteiger partial charge in [0.1, 0.15) is 5.54 Å². The molecule has 2 aliphatic rings. The van der Waals surface area contributed by atoms with Crippen LogP contribution in [0.2, 0.25) is 0 Å². The summed E-state index contributed by atoms with van der Waals surface area (Å²) >= 11 is 1.53. The van der Waals surface area contributed by atoms with Gasteiger partial charge in [0.15, 0.2) is 0 Å². The van der Waals surface area contributed by atoms with Gasteiger partial charge in [-0.15, -0.1) is 11.3 Å². The van der Waals surface area contributed by atoms with Crippen molar-refractivity contribution in [3.63, 3.8) is 0 Å². The fourth-order valence-corrected chi connectivity index (χ4v) is 4.21. The fourth-order valence-electron chi connectivity index (χ4n) is 3.11. The number of rotatable bonds is 4. The summed E-state index contributed by atoms with van der Waals surface area (Å²) in [7, 11) is 0. The Morgan fingerprint density at radius 1 is 1.38 bits per heavy atom. The molecule has 1 aromatic heterocycles. The van der Waals surface area contributed by atoms with Gasteiger partial charge >= 0.3 is 5.97 Å². The van der Waals surface area contributed by atoms with Gasteiger partial charge in [0.05, 0.1) is 4.88 Å². The Labute approximate surface area is 128 Å². The van der Waals surface area contributed by atoms with Gasteiger partial charge in [-0.2, -0.15) is 0 Å². The molecular weight excluding hydrogens is 286 g/mol. The first-order valence-corrected chi connectivity index (χ1v) is 8.39. The minimum atomic E-state index is -1.13. The van der Waals surface area contributed by atoms with Crippen LogP contribution in [0, 0.1) is 11.8 Å². The van der Waals surface area contributed by atoms with Crippen LogP contribution in [0.4, 0.5) is 0 Å². The smallest absolute Gasteiger partial charge is 0.329 e. The number of carbonyl (C=O) groups excluding carboxylic acids is 1. The lowest BCUT2D eigenvalue weighted by Crippen LogP contribution is -2.53. The third-order valence-corrected chi connectivity index (χ3v) is 6.00. The Kier molecular flexibility index (Phi) is 3.56. The SMILES string of the molecule is CC1CCc2sc(C(=O)NC(C)(C(=O)O)C3CC3)cc2C1. The molecule has 114 valence electrons. The molecule has 0 spiro atoms. The van der Waals surface area contributed by atoms with Crippen molar-refractivity contribution >= 4 is 23.2 Å². The molecule has 2 unspecified atom stereocenters. The second kappa shape index (κ2) is 5.13. The standard InChI is InChI=1S/C16H21NO3S/c1-9-3-6-12-10(7-9)8-13(21-12)14(18)17-16(2,15(19)20)11-4-5-11/h8-9,11H,3-7H2,1-2H3,(H,17,18)(H,19,20). The Morgan fingerprint density at radius 2 is 2.10 bits per heavy atom. The first-order chi connectivity index (χ1) is 9.90. The highest BCUT2D eigenvalue weighted by Crippen LogP contribution is 2.40. The van der Waals surface area contributed by atoms with Gasteiger partial charge in [0, 0.05) is 4.88 Å². The number of aliphatic carboxylic acids is 1. The molecule has 2 atom stereocenters. The minimum Gasteiger partial charge on any atom is -0.480 e. The summed E-state index contributed by atoms with van der Waals surface area (Å²) in [5.41, 5.74) is 0.141. The average Bonchev–Trinajstić information content (AvgIpc) is 3.19. The van der Waals surface area contributed by atoms with Crippen LogP contribution >= 0.6 is 11.3 Å². The second-order valence-corrected chi connectivity index (χ2v) is 7.78. The van der Waals surface area contributed by atoms with E-state index in [0.29, 0.717) is 10.8 Å². The summed E-state index contributed by atoms with van der Waals surface area (Å²) in [5.74, 6) is -0.445. The Hall–Kier alpha value is -1.36. The second-order valence-electron chi connectivity index (χ2n) is 6.64. The Morgan fingerprint density at radius 3 is 2.71 bits per heavy atom. The molecule has 1 aromatic rings. The van der Waals surface area contributed by atoms with Crippen molar-refractivity contribution in [3.8, 4) is 0 Å². The van der Waals surface area contributed by atoms with Gasteiger partial charge in [0.2, 0.25) is 0 Å². The number of hydrogen-bond acceptors (Lipinski definition) is 3. The zero-order chi connectivity index (χ0) is 15.2. The van der Waals surface area contributed by atoms with Crippen molar-refractivity contribution in [3.05, 3.63) is 21.4 Å². The molecule has 1 fully saturated rings. The lowest BCUT2D eigenvalue weighted by Gasteiger charge is -2.25. The molecule has 5 heteroatoms. The molecular formula is C16H21NO3S. The monoisotopic (exact) mass is 307 g/mol. The summed E-state index contributed by atoms with van der Waals surface area (Å²) in [6, 6.07) is 1.96. The van der Waals surface area contributed by atoms with Gasteiger partial charge in [0.25, 0.3) is 5.91 Å². The highest BCUT2D eigenvalue weighted by molar-refractivity contribution is 7.14. The number of carboxylic acids is 1. The topological polar surface area (TPSA) is 66.4 Å². The van der Waals surface area contributed by atoms with E-state index in [0.717, 1.165) is 25.7 Å². The van der Waals surface area contributed by atoms with Crippen molar-refractivity contribution in [1.82, 2.24) is 5.32 Å². The summed E-state index contributed by atoms with van der Waals surface area (Å²) in [6.07, 6.45) is 4.98. The first-order valence-electron chi connectivity index (χ1n) is 7.57. The van der Waals surface area contributed by atoms with Crippen LogP contribution in [0.1, 0.15) is 53.2 Å². The van der Waals surface area contributed by atoms with E-state index in [2.05, 4.69) is 12.2 Å². The number of amides is 1. The maximum Gasteiger partial charge on any atom is 0.329 e. The highest BCUT2D eigenvalue weighted by atomic mass is 32.1. The van der Waals surface area contributed by atoms with Gasteiger partial charge in [-0.1, -0.05) is 6.92 Å². The van der Waals surface area contributed by atoms with E-state index >= 15 is 0 Å². The number of carbonyl (C=O) groups is 2. The highest BCUT2D eigenvalue weighted by Gasteiger charge is 2.48. The van der Waals surface area contributed by atoms with Crippen molar-refractivity contribution in [1.29, 1.82) is 0 Å². The molecule has 0 aliphatic heterocycles. The van der Waals surface area contributed by atoms with Crippen molar-refractivity contribution in [2.24, 2.45) is 11.8 Å². The maximum absolute atomic E-state index is 12.4. The molecule has 0 aromatic carbocycles. The molecule has 2 aliphatic carbocycles. The summed E-state index contributed by atoms with van der Waals surface area (Å²) in [4.78, 5) is 25.9. The lowest BCUT2D eigenvalue weighted by atomic mass is 9.90. The Bertz CT molecular complexity index is 590. The van der Waals surface area contributed by atoms with E-state index in [1.807, 2.05) is 6.07 Å².